The Balaban J connectivity index is 2.09. The van der Waals surface area contributed by atoms with Crippen molar-refractivity contribution in [3.63, 3.8) is 0 Å². The summed E-state index contributed by atoms with van der Waals surface area (Å²) in [5, 5.41) is 0. The number of hydrogen-bond acceptors (Lipinski definition) is 3. The molecule has 0 N–H and O–H groups in total. The normalized spacial score (nSPS) is 11.3. The van der Waals surface area contributed by atoms with E-state index < -0.39 is 0 Å². The lowest BCUT2D eigenvalue weighted by molar-refractivity contribution is -0.136. The molecule has 2 aromatic rings. The second kappa shape index (κ2) is 6.59. The van der Waals surface area contributed by atoms with Crippen LogP contribution in [-0.2, 0) is 16.0 Å². The first-order chi connectivity index (χ1) is 9.29. The minimum Gasteiger partial charge on any atom is -0.466 e. The minimum atomic E-state index is -0.313. The summed E-state index contributed by atoms with van der Waals surface area (Å²) in [6.07, 6.45) is 4.73. The molecule has 0 saturated carbocycles. The van der Waals surface area contributed by atoms with Gasteiger partial charge >= 0.3 is 5.97 Å². The molecule has 0 aliphatic heterocycles. The maximum absolute atomic E-state index is 11.7. The van der Waals surface area contributed by atoms with Crippen molar-refractivity contribution in [1.29, 1.82) is 0 Å². The summed E-state index contributed by atoms with van der Waals surface area (Å²) in [5.74, 6) is 0.348. The summed E-state index contributed by atoms with van der Waals surface area (Å²) in [6.45, 7) is 0. The largest absolute Gasteiger partial charge is 0.466 e. The van der Waals surface area contributed by atoms with Crippen LogP contribution >= 0.6 is 0 Å². The Morgan fingerprint density at radius 2 is 2.00 bits per heavy atom. The molecule has 0 unspecified atom stereocenters. The molecule has 0 saturated heterocycles. The molecule has 0 fully saturated rings. The van der Waals surface area contributed by atoms with Crippen molar-refractivity contribution in [3.05, 3.63) is 65.6 Å². The van der Waals surface area contributed by atoms with E-state index in [1.807, 2.05) is 36.4 Å². The van der Waals surface area contributed by atoms with Crippen LogP contribution in [0.5, 0.6) is 0 Å². The van der Waals surface area contributed by atoms with Crippen LogP contribution in [0.3, 0.4) is 0 Å². The number of benzene rings is 1. The number of furan rings is 1. The maximum Gasteiger partial charge on any atom is 0.333 e. The zero-order valence-electron chi connectivity index (χ0n) is 10.8. The van der Waals surface area contributed by atoms with Crippen molar-refractivity contribution in [2.24, 2.45) is 0 Å². The summed E-state index contributed by atoms with van der Waals surface area (Å²) in [7, 11) is 1.39. The second-order valence-electron chi connectivity index (χ2n) is 4.16. The SMILES string of the molecule is COC(=O)C(=Cc1ccco1)CCc1ccccc1. The Kier molecular flexibility index (Phi) is 4.56. The lowest BCUT2D eigenvalue weighted by atomic mass is 10.0. The van der Waals surface area contributed by atoms with Crippen LogP contribution < -0.4 is 0 Å². The third-order valence-electron chi connectivity index (χ3n) is 2.83. The quantitative estimate of drug-likeness (QED) is 0.607. The van der Waals surface area contributed by atoms with Crippen molar-refractivity contribution in [2.75, 3.05) is 7.11 Å². The molecule has 0 radical (unpaired) electrons. The smallest absolute Gasteiger partial charge is 0.333 e. The topological polar surface area (TPSA) is 39.4 Å². The fraction of sp³-hybridized carbons (Fsp3) is 0.188. The van der Waals surface area contributed by atoms with Crippen LogP contribution in [0.1, 0.15) is 17.7 Å². The summed E-state index contributed by atoms with van der Waals surface area (Å²) in [6, 6.07) is 13.6. The number of hydrogen-bond donors (Lipinski definition) is 0. The highest BCUT2D eigenvalue weighted by atomic mass is 16.5. The monoisotopic (exact) mass is 256 g/mol. The van der Waals surface area contributed by atoms with E-state index in [0.29, 0.717) is 17.8 Å². The van der Waals surface area contributed by atoms with Gasteiger partial charge in [-0.15, -0.1) is 0 Å². The number of aryl methyl sites for hydroxylation is 1. The van der Waals surface area contributed by atoms with Gasteiger partial charge < -0.3 is 9.15 Å². The molecule has 3 heteroatoms. The fourth-order valence-corrected chi connectivity index (χ4v) is 1.83. The number of carbonyl (C=O) groups is 1. The molecule has 19 heavy (non-hydrogen) atoms. The summed E-state index contributed by atoms with van der Waals surface area (Å²) in [4.78, 5) is 11.7. The third kappa shape index (κ3) is 3.85. The number of rotatable bonds is 5. The van der Waals surface area contributed by atoms with E-state index in [2.05, 4.69) is 0 Å². The summed E-state index contributed by atoms with van der Waals surface area (Å²) in [5.41, 5.74) is 1.80. The lowest BCUT2D eigenvalue weighted by Gasteiger charge is -2.05. The van der Waals surface area contributed by atoms with Gasteiger partial charge in [-0.1, -0.05) is 30.3 Å². The van der Waals surface area contributed by atoms with Gasteiger partial charge in [-0.05, 0) is 36.6 Å². The molecule has 0 spiro atoms. The van der Waals surface area contributed by atoms with Crippen LogP contribution in [-0.4, -0.2) is 13.1 Å². The average molecular weight is 256 g/mol. The molecule has 98 valence electrons. The molecule has 1 aromatic heterocycles. The van der Waals surface area contributed by atoms with E-state index in [4.69, 9.17) is 9.15 Å². The number of methoxy groups -OCH3 is 1. The zero-order chi connectivity index (χ0) is 13.5. The van der Waals surface area contributed by atoms with Crippen molar-refractivity contribution in [3.8, 4) is 0 Å². The van der Waals surface area contributed by atoms with Crippen LogP contribution in [0.15, 0.2) is 58.7 Å². The van der Waals surface area contributed by atoms with Gasteiger partial charge in [0, 0.05) is 5.57 Å². The van der Waals surface area contributed by atoms with Gasteiger partial charge in [-0.2, -0.15) is 0 Å². The predicted octanol–water partition coefficient (Wildman–Crippen LogP) is 3.47. The number of carbonyl (C=O) groups excluding carboxylic acids is 1. The fourth-order valence-electron chi connectivity index (χ4n) is 1.83. The van der Waals surface area contributed by atoms with Gasteiger partial charge in [0.1, 0.15) is 5.76 Å². The highest BCUT2D eigenvalue weighted by molar-refractivity contribution is 5.93. The van der Waals surface area contributed by atoms with Crippen molar-refractivity contribution < 1.29 is 13.9 Å². The van der Waals surface area contributed by atoms with Gasteiger partial charge in [0.05, 0.1) is 13.4 Å². The molecular formula is C16H16O3. The highest BCUT2D eigenvalue weighted by Crippen LogP contribution is 2.15. The van der Waals surface area contributed by atoms with Crippen LogP contribution in [0, 0.1) is 0 Å². The van der Waals surface area contributed by atoms with Gasteiger partial charge in [0.15, 0.2) is 0 Å². The van der Waals surface area contributed by atoms with E-state index in [1.54, 1.807) is 18.4 Å². The molecule has 1 aromatic carbocycles. The molecule has 0 aliphatic rings. The molecule has 2 rings (SSSR count). The van der Waals surface area contributed by atoms with Crippen LogP contribution in [0.4, 0.5) is 0 Å². The lowest BCUT2D eigenvalue weighted by Crippen LogP contribution is -2.05. The van der Waals surface area contributed by atoms with Crippen molar-refractivity contribution in [1.82, 2.24) is 0 Å². The Morgan fingerprint density at radius 1 is 1.21 bits per heavy atom. The predicted molar refractivity (Wildman–Crippen MR) is 73.5 cm³/mol. The molecule has 0 aliphatic carbocycles. The third-order valence-corrected chi connectivity index (χ3v) is 2.83. The maximum atomic E-state index is 11.7. The van der Waals surface area contributed by atoms with Crippen molar-refractivity contribution >= 4 is 12.0 Å². The van der Waals surface area contributed by atoms with Gasteiger partial charge in [-0.3, -0.25) is 0 Å². The van der Waals surface area contributed by atoms with Crippen LogP contribution in [0.2, 0.25) is 0 Å². The number of ether oxygens (including phenoxy) is 1. The van der Waals surface area contributed by atoms with Crippen molar-refractivity contribution in [2.45, 2.75) is 12.8 Å². The zero-order valence-corrected chi connectivity index (χ0v) is 10.8. The average Bonchev–Trinajstić information content (AvgIpc) is 2.96. The minimum absolute atomic E-state index is 0.313. The Bertz CT molecular complexity index is 539. The van der Waals surface area contributed by atoms with E-state index in [-0.39, 0.29) is 5.97 Å². The molecule has 0 bridgehead atoms. The Morgan fingerprint density at radius 3 is 2.63 bits per heavy atom. The second-order valence-corrected chi connectivity index (χ2v) is 4.16. The first-order valence-corrected chi connectivity index (χ1v) is 6.16. The van der Waals surface area contributed by atoms with E-state index >= 15 is 0 Å². The standard InChI is InChI=1S/C16H16O3/c1-18-16(17)14(12-15-8-5-11-19-15)10-9-13-6-3-2-4-7-13/h2-8,11-12H,9-10H2,1H3. The van der Waals surface area contributed by atoms with Gasteiger partial charge in [0.2, 0.25) is 0 Å². The Labute approximate surface area is 112 Å². The van der Waals surface area contributed by atoms with Crippen LogP contribution in [0.25, 0.3) is 6.08 Å². The first-order valence-electron chi connectivity index (χ1n) is 6.16. The van der Waals surface area contributed by atoms with E-state index in [0.717, 1.165) is 6.42 Å². The molecule has 0 atom stereocenters. The number of esters is 1. The van der Waals surface area contributed by atoms with E-state index in [9.17, 15) is 4.79 Å². The molecular weight excluding hydrogens is 240 g/mol. The molecule has 1 heterocycles. The summed E-state index contributed by atoms with van der Waals surface area (Å²) >= 11 is 0. The molecule has 0 amide bonds. The highest BCUT2D eigenvalue weighted by Gasteiger charge is 2.10. The van der Waals surface area contributed by atoms with Gasteiger partial charge in [0.25, 0.3) is 0 Å². The first kappa shape index (κ1) is 13.1. The Hall–Kier alpha value is -2.29. The van der Waals surface area contributed by atoms with E-state index in [1.165, 1.54) is 12.7 Å². The molecule has 3 nitrogen and oxygen atoms in total. The van der Waals surface area contributed by atoms with Gasteiger partial charge in [-0.25, -0.2) is 4.79 Å². The summed E-state index contributed by atoms with van der Waals surface area (Å²) < 4.78 is 10.0.